The van der Waals surface area contributed by atoms with Gasteiger partial charge in [0.15, 0.2) is 0 Å². The quantitative estimate of drug-likeness (QED) is 0.281. The molecule has 2 aliphatic rings. The van der Waals surface area contributed by atoms with Crippen LogP contribution in [0.3, 0.4) is 0 Å². The molecule has 6 rings (SSSR count). The highest BCUT2D eigenvalue weighted by molar-refractivity contribution is 5.66. The largest absolute Gasteiger partial charge is 0.421 e. The summed E-state index contributed by atoms with van der Waals surface area (Å²) in [6.07, 6.45) is 11.0. The van der Waals surface area contributed by atoms with Gasteiger partial charge in [-0.1, -0.05) is 43.2 Å². The minimum Gasteiger partial charge on any atom is -0.421 e. The normalized spacial score (nSPS) is 21.8. The van der Waals surface area contributed by atoms with Crippen molar-refractivity contribution in [2.24, 2.45) is 11.8 Å². The van der Waals surface area contributed by atoms with Gasteiger partial charge < -0.3 is 14.6 Å². The van der Waals surface area contributed by atoms with Crippen molar-refractivity contribution in [3.63, 3.8) is 0 Å². The van der Waals surface area contributed by atoms with Crippen molar-refractivity contribution in [2.75, 3.05) is 23.3 Å². The number of rotatable bonds is 7. The van der Waals surface area contributed by atoms with Gasteiger partial charge in [-0.05, 0) is 91.5 Å². The highest BCUT2D eigenvalue weighted by Gasteiger charge is 2.30. The summed E-state index contributed by atoms with van der Waals surface area (Å²) < 4.78 is 5.59. The summed E-state index contributed by atoms with van der Waals surface area (Å²) in [5.74, 6) is 3.60. The predicted molar refractivity (Wildman–Crippen MR) is 153 cm³/mol. The lowest BCUT2D eigenvalue weighted by atomic mass is 9.77. The molecule has 1 unspecified atom stereocenters. The summed E-state index contributed by atoms with van der Waals surface area (Å²) in [5.41, 5.74) is 4.72. The zero-order chi connectivity index (χ0) is 25.7. The van der Waals surface area contributed by atoms with E-state index in [9.17, 15) is 0 Å². The molecule has 0 radical (unpaired) electrons. The Morgan fingerprint density at radius 3 is 2.53 bits per heavy atom. The first kappa shape index (κ1) is 24.7. The van der Waals surface area contributed by atoms with Gasteiger partial charge in [-0.3, -0.25) is 0 Å². The fourth-order valence-electron chi connectivity index (χ4n) is 6.34. The van der Waals surface area contributed by atoms with Gasteiger partial charge in [0.2, 0.25) is 11.8 Å². The SMILES string of the molecule is Cc1nnc(-c2ccc(N3CCCC(C[C@@H]4CCCC[C@H]4Nc4cc(-c5ccccc5)ccn4)C3)cc2)o1. The van der Waals surface area contributed by atoms with Crippen molar-refractivity contribution in [2.45, 2.75) is 57.9 Å². The topological polar surface area (TPSA) is 67.1 Å². The Bertz CT molecular complexity index is 1320. The zero-order valence-electron chi connectivity index (χ0n) is 22.2. The molecule has 1 N–H and O–H groups in total. The van der Waals surface area contributed by atoms with Gasteiger partial charge >= 0.3 is 0 Å². The second kappa shape index (κ2) is 11.4. The summed E-state index contributed by atoms with van der Waals surface area (Å²) in [6, 6.07) is 24.0. The van der Waals surface area contributed by atoms with Gasteiger partial charge in [0.25, 0.3) is 0 Å². The molecular weight excluding hydrogens is 470 g/mol. The Labute approximate surface area is 225 Å². The number of anilines is 2. The molecule has 1 aliphatic heterocycles. The van der Waals surface area contributed by atoms with Crippen molar-refractivity contribution < 1.29 is 4.42 Å². The van der Waals surface area contributed by atoms with Crippen molar-refractivity contribution >= 4 is 11.5 Å². The first-order valence-corrected chi connectivity index (χ1v) is 14.1. The zero-order valence-corrected chi connectivity index (χ0v) is 22.2. The van der Waals surface area contributed by atoms with E-state index in [-0.39, 0.29) is 0 Å². The molecule has 3 heterocycles. The summed E-state index contributed by atoms with van der Waals surface area (Å²) in [5, 5.41) is 12.0. The van der Waals surface area contributed by atoms with Crippen molar-refractivity contribution in [1.29, 1.82) is 0 Å². The van der Waals surface area contributed by atoms with E-state index in [4.69, 9.17) is 4.42 Å². The van der Waals surface area contributed by atoms with Crippen LogP contribution in [-0.2, 0) is 0 Å². The number of aromatic nitrogens is 3. The number of benzene rings is 2. The van der Waals surface area contributed by atoms with E-state index in [1.165, 1.54) is 61.8 Å². The third kappa shape index (κ3) is 5.74. The molecule has 1 aliphatic carbocycles. The van der Waals surface area contributed by atoms with Crippen LogP contribution in [-0.4, -0.2) is 34.3 Å². The van der Waals surface area contributed by atoms with Gasteiger partial charge in [0.1, 0.15) is 5.82 Å². The van der Waals surface area contributed by atoms with Gasteiger partial charge in [0.05, 0.1) is 0 Å². The average Bonchev–Trinajstić information content (AvgIpc) is 3.41. The molecule has 4 aromatic rings. The lowest BCUT2D eigenvalue weighted by molar-refractivity contribution is 0.247. The average molecular weight is 508 g/mol. The van der Waals surface area contributed by atoms with Crippen LogP contribution in [0.5, 0.6) is 0 Å². The lowest BCUT2D eigenvalue weighted by Gasteiger charge is -2.39. The Kier molecular flexibility index (Phi) is 7.38. The molecule has 6 nitrogen and oxygen atoms in total. The summed E-state index contributed by atoms with van der Waals surface area (Å²) in [4.78, 5) is 7.25. The highest BCUT2D eigenvalue weighted by Crippen LogP contribution is 2.36. The van der Waals surface area contributed by atoms with E-state index in [1.807, 2.05) is 13.1 Å². The van der Waals surface area contributed by atoms with E-state index < -0.39 is 0 Å². The maximum Gasteiger partial charge on any atom is 0.247 e. The smallest absolute Gasteiger partial charge is 0.247 e. The molecule has 196 valence electrons. The lowest BCUT2D eigenvalue weighted by Crippen LogP contribution is -2.39. The van der Waals surface area contributed by atoms with Crippen LogP contribution < -0.4 is 10.2 Å². The maximum atomic E-state index is 5.59. The van der Waals surface area contributed by atoms with Crippen LogP contribution >= 0.6 is 0 Å². The monoisotopic (exact) mass is 507 g/mol. The van der Waals surface area contributed by atoms with Crippen LogP contribution in [0.15, 0.2) is 77.3 Å². The Balaban J connectivity index is 1.10. The van der Waals surface area contributed by atoms with Crippen LogP contribution in [0.4, 0.5) is 11.5 Å². The van der Waals surface area contributed by atoms with Crippen molar-refractivity contribution in [1.82, 2.24) is 15.2 Å². The van der Waals surface area contributed by atoms with Crippen LogP contribution in [0, 0.1) is 18.8 Å². The van der Waals surface area contributed by atoms with Gasteiger partial charge in [-0.2, -0.15) is 0 Å². The maximum absolute atomic E-state index is 5.59. The number of hydrogen-bond acceptors (Lipinski definition) is 6. The van der Waals surface area contributed by atoms with E-state index in [0.717, 1.165) is 30.4 Å². The fourth-order valence-corrected chi connectivity index (χ4v) is 6.34. The van der Waals surface area contributed by atoms with E-state index in [1.54, 1.807) is 0 Å². The first-order chi connectivity index (χ1) is 18.7. The Morgan fingerprint density at radius 1 is 0.868 bits per heavy atom. The number of nitrogens with one attached hydrogen (secondary N) is 1. The van der Waals surface area contributed by atoms with E-state index in [0.29, 0.717) is 23.7 Å². The number of pyridine rings is 1. The summed E-state index contributed by atoms with van der Waals surface area (Å²) in [7, 11) is 0. The number of aryl methyl sites for hydroxylation is 1. The third-order valence-corrected chi connectivity index (χ3v) is 8.27. The molecule has 2 aromatic carbocycles. The minimum atomic E-state index is 0.495. The molecule has 0 amide bonds. The van der Waals surface area contributed by atoms with Gasteiger partial charge in [-0.15, -0.1) is 10.2 Å². The van der Waals surface area contributed by atoms with Crippen LogP contribution in [0.25, 0.3) is 22.6 Å². The molecule has 2 aromatic heterocycles. The molecule has 38 heavy (non-hydrogen) atoms. The van der Waals surface area contributed by atoms with Crippen LogP contribution in [0.1, 0.15) is 50.8 Å². The predicted octanol–water partition coefficient (Wildman–Crippen LogP) is 7.38. The number of hydrogen-bond donors (Lipinski definition) is 1. The van der Waals surface area contributed by atoms with E-state index in [2.05, 4.69) is 92.1 Å². The van der Waals surface area contributed by atoms with Gasteiger partial charge in [-0.25, -0.2) is 4.98 Å². The second-order valence-corrected chi connectivity index (χ2v) is 11.0. The van der Waals surface area contributed by atoms with Gasteiger partial charge in [0, 0.05) is 43.5 Å². The molecule has 3 atom stereocenters. The Morgan fingerprint density at radius 2 is 1.71 bits per heavy atom. The fraction of sp³-hybridized carbons (Fsp3) is 0.406. The Hall–Kier alpha value is -3.67. The molecule has 0 bridgehead atoms. The molecule has 0 spiro atoms. The number of nitrogens with zero attached hydrogens (tertiary/aromatic N) is 4. The van der Waals surface area contributed by atoms with E-state index >= 15 is 0 Å². The molecular formula is C32H37N5O. The first-order valence-electron chi connectivity index (χ1n) is 14.1. The summed E-state index contributed by atoms with van der Waals surface area (Å²) in [6.45, 7) is 4.07. The molecule has 2 fully saturated rings. The minimum absolute atomic E-state index is 0.495. The molecule has 1 saturated heterocycles. The third-order valence-electron chi connectivity index (χ3n) is 8.27. The molecule has 6 heteroatoms. The second-order valence-electron chi connectivity index (χ2n) is 11.0. The highest BCUT2D eigenvalue weighted by atomic mass is 16.4. The van der Waals surface area contributed by atoms with Crippen molar-refractivity contribution in [3.05, 3.63) is 78.8 Å². The standard InChI is InChI=1S/C32H37N5O/c1-23-35-36-32(38-23)26-13-15-29(16-14-26)37-19-7-8-24(22-37)20-28-11-5-6-12-30(28)34-31-21-27(17-18-33-31)25-9-3-2-4-10-25/h2-4,9-10,13-18,21,24,28,30H,5-8,11-12,19-20,22H2,1H3,(H,33,34)/t24?,28-,30+/m0/s1. The van der Waals surface area contributed by atoms with Crippen molar-refractivity contribution in [3.8, 4) is 22.6 Å². The van der Waals surface area contributed by atoms with Crippen LogP contribution in [0.2, 0.25) is 0 Å². The molecule has 1 saturated carbocycles. The summed E-state index contributed by atoms with van der Waals surface area (Å²) >= 11 is 0. The number of piperidine rings is 1.